The van der Waals surface area contributed by atoms with Gasteiger partial charge in [0.2, 0.25) is 0 Å². The fourth-order valence-corrected chi connectivity index (χ4v) is 2.77. The maximum absolute atomic E-state index is 12.3. The van der Waals surface area contributed by atoms with Crippen molar-refractivity contribution in [2.75, 3.05) is 19.7 Å². The summed E-state index contributed by atoms with van der Waals surface area (Å²) in [6.45, 7) is 8.11. The molecule has 2 rings (SSSR count). The molecule has 1 aliphatic rings. The van der Waals surface area contributed by atoms with Gasteiger partial charge in [0.1, 0.15) is 5.75 Å². The van der Waals surface area contributed by atoms with Gasteiger partial charge in [0.15, 0.2) is 0 Å². The molecule has 23 heavy (non-hydrogen) atoms. The van der Waals surface area contributed by atoms with Gasteiger partial charge in [-0.2, -0.15) is 0 Å². The highest BCUT2D eigenvalue weighted by Gasteiger charge is 2.22. The molecule has 0 aliphatic carbocycles. The number of aliphatic hydroxyl groups excluding tert-OH is 1. The van der Waals surface area contributed by atoms with Gasteiger partial charge < -0.3 is 20.1 Å². The average Bonchev–Trinajstić information content (AvgIpc) is 2.53. The molecule has 1 saturated heterocycles. The first-order valence-corrected chi connectivity index (χ1v) is 8.39. The van der Waals surface area contributed by atoms with Gasteiger partial charge in [-0.15, -0.1) is 0 Å². The average molecular weight is 320 g/mol. The Morgan fingerprint density at radius 1 is 1.39 bits per heavy atom. The van der Waals surface area contributed by atoms with Crippen LogP contribution in [0.25, 0.3) is 0 Å². The van der Waals surface area contributed by atoms with E-state index in [0.29, 0.717) is 25.6 Å². The van der Waals surface area contributed by atoms with Crippen LogP contribution in [-0.4, -0.2) is 41.8 Å². The minimum absolute atomic E-state index is 0.0440. The number of nitrogens with one attached hydrogen (secondary N) is 1. The SMILES string of the molecule is Cc1ccc(CNC(=O)N2CCC(CO)CC2)c(OC(C)C)c1. The first-order valence-electron chi connectivity index (χ1n) is 8.39. The van der Waals surface area contributed by atoms with Crippen molar-refractivity contribution in [1.29, 1.82) is 0 Å². The van der Waals surface area contributed by atoms with Crippen molar-refractivity contribution in [1.82, 2.24) is 10.2 Å². The number of hydrogen-bond donors (Lipinski definition) is 2. The van der Waals surface area contributed by atoms with Crippen LogP contribution >= 0.6 is 0 Å². The highest BCUT2D eigenvalue weighted by molar-refractivity contribution is 5.74. The number of aryl methyl sites for hydroxylation is 1. The summed E-state index contributed by atoms with van der Waals surface area (Å²) in [5.41, 5.74) is 2.13. The van der Waals surface area contributed by atoms with Gasteiger partial charge in [-0.25, -0.2) is 4.79 Å². The molecule has 5 heteroatoms. The van der Waals surface area contributed by atoms with Gasteiger partial charge in [0.25, 0.3) is 0 Å². The van der Waals surface area contributed by atoms with Crippen LogP contribution in [0.5, 0.6) is 5.75 Å². The molecule has 5 nitrogen and oxygen atoms in total. The van der Waals surface area contributed by atoms with Crippen LogP contribution in [0.4, 0.5) is 4.79 Å². The summed E-state index contributed by atoms with van der Waals surface area (Å²) in [5.74, 6) is 1.17. The molecule has 0 bridgehead atoms. The summed E-state index contributed by atoms with van der Waals surface area (Å²) in [6, 6.07) is 6.00. The molecule has 1 aromatic rings. The zero-order valence-corrected chi connectivity index (χ0v) is 14.3. The Balaban J connectivity index is 1.91. The Bertz CT molecular complexity index is 523. The number of hydrogen-bond acceptors (Lipinski definition) is 3. The molecule has 2 amide bonds. The van der Waals surface area contributed by atoms with Gasteiger partial charge in [-0.05, 0) is 51.2 Å². The molecule has 1 fully saturated rings. The van der Waals surface area contributed by atoms with Crippen LogP contribution in [0.2, 0.25) is 0 Å². The number of urea groups is 1. The Kier molecular flexibility index (Phi) is 6.28. The van der Waals surface area contributed by atoms with Crippen LogP contribution < -0.4 is 10.1 Å². The van der Waals surface area contributed by atoms with Crippen molar-refractivity contribution >= 4 is 6.03 Å². The van der Waals surface area contributed by atoms with E-state index in [4.69, 9.17) is 9.84 Å². The molecule has 0 saturated carbocycles. The molecular weight excluding hydrogens is 292 g/mol. The quantitative estimate of drug-likeness (QED) is 0.877. The normalized spacial score (nSPS) is 15.8. The standard InChI is InChI=1S/C18H28N2O3/c1-13(2)23-17-10-14(3)4-5-16(17)11-19-18(22)20-8-6-15(12-21)7-9-20/h4-5,10,13,15,21H,6-9,11-12H2,1-3H3,(H,19,22). The number of piperidine rings is 1. The number of carbonyl (C=O) groups is 1. The number of nitrogens with zero attached hydrogens (tertiary/aromatic N) is 1. The Hall–Kier alpha value is -1.75. The Morgan fingerprint density at radius 2 is 2.09 bits per heavy atom. The van der Waals surface area contributed by atoms with E-state index in [1.54, 1.807) is 0 Å². The van der Waals surface area contributed by atoms with E-state index in [1.165, 1.54) is 0 Å². The number of aliphatic hydroxyl groups is 1. The van der Waals surface area contributed by atoms with Gasteiger partial charge in [0, 0.05) is 31.8 Å². The molecular formula is C18H28N2O3. The van der Waals surface area contributed by atoms with Crippen LogP contribution in [0.15, 0.2) is 18.2 Å². The fraction of sp³-hybridized carbons (Fsp3) is 0.611. The van der Waals surface area contributed by atoms with Crippen molar-refractivity contribution in [2.45, 2.75) is 46.3 Å². The molecule has 0 unspecified atom stereocenters. The number of amides is 2. The smallest absolute Gasteiger partial charge is 0.317 e. The fourth-order valence-electron chi connectivity index (χ4n) is 2.77. The third-order valence-corrected chi connectivity index (χ3v) is 4.18. The van der Waals surface area contributed by atoms with Crippen LogP contribution in [0.1, 0.15) is 37.8 Å². The Labute approximate surface area is 138 Å². The Morgan fingerprint density at radius 3 is 2.70 bits per heavy atom. The van der Waals surface area contributed by atoms with Crippen LogP contribution in [0.3, 0.4) is 0 Å². The van der Waals surface area contributed by atoms with Crippen molar-refractivity contribution in [2.24, 2.45) is 5.92 Å². The number of benzene rings is 1. The number of ether oxygens (including phenoxy) is 1. The predicted molar refractivity (Wildman–Crippen MR) is 90.6 cm³/mol. The van der Waals surface area contributed by atoms with Crippen molar-refractivity contribution < 1.29 is 14.6 Å². The highest BCUT2D eigenvalue weighted by atomic mass is 16.5. The summed E-state index contributed by atoms with van der Waals surface area (Å²) in [6.07, 6.45) is 1.84. The molecule has 0 radical (unpaired) electrons. The predicted octanol–water partition coefficient (Wildman–Crippen LogP) is 2.70. The van der Waals surface area contributed by atoms with Gasteiger partial charge in [-0.1, -0.05) is 12.1 Å². The molecule has 128 valence electrons. The third kappa shape index (κ3) is 5.13. The van der Waals surface area contributed by atoms with E-state index in [2.05, 4.69) is 5.32 Å². The topological polar surface area (TPSA) is 61.8 Å². The number of rotatable bonds is 5. The van der Waals surface area contributed by atoms with E-state index in [1.807, 2.05) is 43.9 Å². The summed E-state index contributed by atoms with van der Waals surface area (Å²) in [7, 11) is 0. The maximum atomic E-state index is 12.3. The minimum Gasteiger partial charge on any atom is -0.491 e. The lowest BCUT2D eigenvalue weighted by Crippen LogP contribution is -2.44. The van der Waals surface area contributed by atoms with Crippen LogP contribution in [-0.2, 0) is 6.54 Å². The molecule has 1 heterocycles. The summed E-state index contributed by atoms with van der Waals surface area (Å²) < 4.78 is 5.84. The molecule has 0 atom stereocenters. The second kappa shape index (κ2) is 8.20. The maximum Gasteiger partial charge on any atom is 0.317 e. The van der Waals surface area contributed by atoms with E-state index in [0.717, 1.165) is 29.7 Å². The van der Waals surface area contributed by atoms with Crippen LogP contribution in [0, 0.1) is 12.8 Å². The first-order chi connectivity index (χ1) is 11.0. The molecule has 0 aromatic heterocycles. The van der Waals surface area contributed by atoms with Crippen molar-refractivity contribution in [3.63, 3.8) is 0 Å². The molecule has 2 N–H and O–H groups in total. The molecule has 1 aromatic carbocycles. The van der Waals surface area contributed by atoms with E-state index in [-0.39, 0.29) is 18.7 Å². The monoisotopic (exact) mass is 320 g/mol. The molecule has 1 aliphatic heterocycles. The minimum atomic E-state index is -0.0440. The lowest BCUT2D eigenvalue weighted by atomic mass is 9.98. The lowest BCUT2D eigenvalue weighted by molar-refractivity contribution is 0.137. The van der Waals surface area contributed by atoms with Gasteiger partial charge in [0.05, 0.1) is 6.10 Å². The third-order valence-electron chi connectivity index (χ3n) is 4.18. The highest BCUT2D eigenvalue weighted by Crippen LogP contribution is 2.22. The van der Waals surface area contributed by atoms with Crippen molar-refractivity contribution in [3.05, 3.63) is 29.3 Å². The molecule has 0 spiro atoms. The first kappa shape index (κ1) is 17.6. The summed E-state index contributed by atoms with van der Waals surface area (Å²) >= 11 is 0. The largest absolute Gasteiger partial charge is 0.491 e. The second-order valence-electron chi connectivity index (χ2n) is 6.55. The van der Waals surface area contributed by atoms with Gasteiger partial charge in [-0.3, -0.25) is 0 Å². The zero-order chi connectivity index (χ0) is 16.8. The summed E-state index contributed by atoms with van der Waals surface area (Å²) in [5, 5.41) is 12.1. The van der Waals surface area contributed by atoms with Crippen molar-refractivity contribution in [3.8, 4) is 5.75 Å². The summed E-state index contributed by atoms with van der Waals surface area (Å²) in [4.78, 5) is 14.1. The van der Waals surface area contributed by atoms with E-state index >= 15 is 0 Å². The van der Waals surface area contributed by atoms with E-state index in [9.17, 15) is 4.79 Å². The van der Waals surface area contributed by atoms with E-state index < -0.39 is 0 Å². The number of likely N-dealkylation sites (tertiary alicyclic amines) is 1. The zero-order valence-electron chi connectivity index (χ0n) is 14.3. The van der Waals surface area contributed by atoms with Gasteiger partial charge >= 0.3 is 6.03 Å². The lowest BCUT2D eigenvalue weighted by Gasteiger charge is -2.31. The number of carbonyl (C=O) groups excluding carboxylic acids is 1. The second-order valence-corrected chi connectivity index (χ2v) is 6.55.